The van der Waals surface area contributed by atoms with Crippen molar-refractivity contribution in [1.82, 2.24) is 5.32 Å². The molecule has 0 aromatic heterocycles. The van der Waals surface area contributed by atoms with Gasteiger partial charge in [0.1, 0.15) is 30.5 Å². The van der Waals surface area contributed by atoms with Gasteiger partial charge >= 0.3 is 17.9 Å². The number of guanidine groups is 1. The summed E-state index contributed by atoms with van der Waals surface area (Å²) in [5, 5.41) is 44.6. The zero-order chi connectivity index (χ0) is 20.1. The van der Waals surface area contributed by atoms with E-state index in [9.17, 15) is 24.9 Å². The van der Waals surface area contributed by atoms with Crippen LogP contribution in [0.5, 0.6) is 0 Å². The van der Waals surface area contributed by atoms with Crippen LogP contribution in [0, 0.1) is 5.92 Å². The molecule has 5 aliphatic heterocycles. The van der Waals surface area contributed by atoms with Crippen LogP contribution in [0.4, 0.5) is 0 Å². The molecule has 1 saturated carbocycles. The van der Waals surface area contributed by atoms with E-state index in [1.807, 2.05) is 0 Å². The first kappa shape index (κ1) is 18.0. The summed E-state index contributed by atoms with van der Waals surface area (Å²) < 4.78 is 21.7. The van der Waals surface area contributed by atoms with Crippen molar-refractivity contribution in [3.63, 3.8) is 0 Å². The van der Waals surface area contributed by atoms with Gasteiger partial charge in [0.2, 0.25) is 0 Å². The van der Waals surface area contributed by atoms with Crippen LogP contribution >= 0.6 is 0 Å². The molecular weight excluding hydrogens is 382 g/mol. The van der Waals surface area contributed by atoms with Crippen molar-refractivity contribution in [2.75, 3.05) is 6.61 Å². The second kappa shape index (κ2) is 5.31. The fourth-order valence-electron chi connectivity index (χ4n) is 5.11. The Balaban J connectivity index is 1.46. The van der Waals surface area contributed by atoms with Crippen LogP contribution in [0.3, 0.4) is 0 Å². The van der Waals surface area contributed by atoms with Crippen LogP contribution in [0.25, 0.3) is 0 Å². The Morgan fingerprint density at radius 1 is 1.25 bits per heavy atom. The fraction of sp³-hybridized carbons (Fsp3) is 0.800. The predicted molar refractivity (Wildman–Crippen MR) is 83.1 cm³/mol. The average Bonchev–Trinajstić information content (AvgIpc) is 2.77. The predicted octanol–water partition coefficient (Wildman–Crippen LogP) is -4.06. The molecule has 5 fully saturated rings. The molecule has 1 spiro atoms. The Bertz CT molecular complexity index is 792. The molecule has 0 aromatic rings. The summed E-state index contributed by atoms with van der Waals surface area (Å²) in [6, 6.07) is 0. The minimum Gasteiger partial charge on any atom is -0.481 e. The average molecular weight is 401 g/mol. The van der Waals surface area contributed by atoms with Crippen molar-refractivity contribution in [3.8, 4) is 0 Å². The molecular formula is C15H19N3O10. The number of aliphatic hydroxyl groups is 3. The molecule has 7 N–H and O–H groups in total. The van der Waals surface area contributed by atoms with Gasteiger partial charge in [0.25, 0.3) is 0 Å². The molecule has 6 rings (SSSR count). The monoisotopic (exact) mass is 401 g/mol. The van der Waals surface area contributed by atoms with Gasteiger partial charge < -0.3 is 50.4 Å². The first-order valence-electron chi connectivity index (χ1n) is 8.74. The minimum absolute atomic E-state index is 0.0111. The van der Waals surface area contributed by atoms with Crippen LogP contribution in [-0.2, 0) is 28.5 Å². The van der Waals surface area contributed by atoms with Gasteiger partial charge in [-0.2, -0.15) is 0 Å². The van der Waals surface area contributed by atoms with Gasteiger partial charge in [-0.25, -0.2) is 4.99 Å². The number of nitrogens with two attached hydrogens (primary N) is 1. The van der Waals surface area contributed by atoms with Gasteiger partial charge in [-0.1, -0.05) is 0 Å². The van der Waals surface area contributed by atoms with Gasteiger partial charge in [0, 0.05) is 0 Å². The van der Waals surface area contributed by atoms with Crippen LogP contribution in [0.15, 0.2) is 4.99 Å². The number of hydrogen-bond donors (Lipinski definition) is 6. The Morgan fingerprint density at radius 2 is 1.96 bits per heavy atom. The molecule has 13 nitrogen and oxygen atoms in total. The fourth-order valence-corrected chi connectivity index (χ4v) is 5.11. The number of aliphatic hydroxyl groups excluding tert-OH is 1. The summed E-state index contributed by atoms with van der Waals surface area (Å²) in [4.78, 5) is 26.5. The van der Waals surface area contributed by atoms with E-state index in [4.69, 9.17) is 29.8 Å². The number of aliphatic carboxylic acids is 1. The molecule has 0 radical (unpaired) electrons. The Morgan fingerprint density at radius 3 is 2.68 bits per heavy atom. The number of hydrogen-bond acceptors (Lipinski definition) is 12. The number of nitrogens with zero attached hydrogens (tertiary/aromatic N) is 1. The van der Waals surface area contributed by atoms with E-state index in [0.29, 0.717) is 0 Å². The van der Waals surface area contributed by atoms with Gasteiger partial charge in [-0.3, -0.25) is 9.59 Å². The number of rotatable bonds is 5. The Labute approximate surface area is 157 Å². The lowest BCUT2D eigenvalue weighted by Crippen LogP contribution is -2.92. The molecule has 0 amide bonds. The number of carboxylic acids is 1. The lowest BCUT2D eigenvalue weighted by atomic mass is 9.56. The zero-order valence-corrected chi connectivity index (χ0v) is 14.3. The summed E-state index contributed by atoms with van der Waals surface area (Å²) >= 11 is 0. The van der Waals surface area contributed by atoms with Gasteiger partial charge in [0.05, 0.1) is 18.8 Å². The van der Waals surface area contributed by atoms with E-state index in [2.05, 4.69) is 10.3 Å². The summed E-state index contributed by atoms with van der Waals surface area (Å²) in [6.45, 7) is -0.642. The molecule has 13 heteroatoms. The summed E-state index contributed by atoms with van der Waals surface area (Å²) in [5.74, 6) is -5.01. The maximum Gasteiger partial charge on any atom is 0.311 e. The molecule has 1 aliphatic carbocycles. The van der Waals surface area contributed by atoms with E-state index in [-0.39, 0.29) is 5.96 Å². The third kappa shape index (κ3) is 1.98. The largest absolute Gasteiger partial charge is 0.481 e. The Kier molecular flexibility index (Phi) is 3.42. The molecule has 7 bridgehead atoms. The normalized spacial score (nSPS) is 52.2. The first-order chi connectivity index (χ1) is 13.1. The van der Waals surface area contributed by atoms with Crippen molar-refractivity contribution in [2.24, 2.45) is 16.6 Å². The highest BCUT2D eigenvalue weighted by Gasteiger charge is 2.87. The third-order valence-electron chi connectivity index (χ3n) is 6.20. The highest BCUT2D eigenvalue weighted by atomic mass is 16.9. The molecule has 154 valence electrons. The molecule has 5 heterocycles. The number of nitrogens with one attached hydrogen (secondary N) is 1. The minimum atomic E-state index is -2.26. The lowest BCUT2D eigenvalue weighted by Gasteiger charge is -2.68. The Hall–Kier alpha value is -2.03. The van der Waals surface area contributed by atoms with E-state index in [1.165, 1.54) is 0 Å². The van der Waals surface area contributed by atoms with Crippen molar-refractivity contribution < 1.29 is 49.0 Å². The topological polar surface area (TPSA) is 202 Å². The van der Waals surface area contributed by atoms with Crippen molar-refractivity contribution in [2.45, 2.75) is 60.6 Å². The van der Waals surface area contributed by atoms with Crippen LogP contribution in [-0.4, -0.2) is 92.7 Å². The van der Waals surface area contributed by atoms with E-state index >= 15 is 0 Å². The number of esters is 1. The molecule has 6 aliphatic rings. The number of carbonyl (C=O) groups is 2. The molecule has 9 atom stereocenters. The number of ether oxygens (including phenoxy) is 4. The van der Waals surface area contributed by atoms with Crippen LogP contribution in [0.1, 0.15) is 12.8 Å². The highest BCUT2D eigenvalue weighted by molar-refractivity contribution is 5.81. The van der Waals surface area contributed by atoms with Crippen molar-refractivity contribution in [1.29, 1.82) is 0 Å². The van der Waals surface area contributed by atoms with Crippen molar-refractivity contribution >= 4 is 17.9 Å². The quantitative estimate of drug-likeness (QED) is 0.244. The SMILES string of the molecule is NC1=NC2OC3C4(O)OC5C2[C@@]3(N1)[C@H](O)C(O4)[C@]5(O)COC(=O)CCC(=O)O. The van der Waals surface area contributed by atoms with Gasteiger partial charge in [-0.05, 0) is 0 Å². The number of aliphatic imine (C=N–C) groups is 1. The van der Waals surface area contributed by atoms with E-state index in [0.717, 1.165) is 0 Å². The summed E-state index contributed by atoms with van der Waals surface area (Å²) in [5.41, 5.74) is 2.46. The van der Waals surface area contributed by atoms with Crippen LogP contribution in [0.2, 0.25) is 0 Å². The zero-order valence-electron chi connectivity index (χ0n) is 14.3. The number of carboxylic acid groups (broad SMARTS) is 1. The van der Waals surface area contributed by atoms with Crippen molar-refractivity contribution in [3.05, 3.63) is 0 Å². The maximum atomic E-state index is 11.8. The second-order valence-electron chi connectivity index (χ2n) is 7.70. The smallest absolute Gasteiger partial charge is 0.311 e. The maximum absolute atomic E-state index is 11.8. The molecule has 0 aromatic carbocycles. The van der Waals surface area contributed by atoms with E-state index in [1.54, 1.807) is 0 Å². The van der Waals surface area contributed by atoms with Gasteiger partial charge in [0.15, 0.2) is 23.9 Å². The third-order valence-corrected chi connectivity index (χ3v) is 6.20. The lowest BCUT2D eigenvalue weighted by molar-refractivity contribution is -0.529. The first-order valence-corrected chi connectivity index (χ1v) is 8.74. The van der Waals surface area contributed by atoms with E-state index < -0.39 is 85.1 Å². The summed E-state index contributed by atoms with van der Waals surface area (Å²) in [7, 11) is 0. The molecule has 28 heavy (non-hydrogen) atoms. The second-order valence-corrected chi connectivity index (χ2v) is 7.70. The van der Waals surface area contributed by atoms with Crippen LogP contribution < -0.4 is 11.1 Å². The standard InChI is InChI=1S/C15H19N3O10/c16-12-17-10-6-8-13(23,3-25-5(21)2-1-4(19)20)9-7(22)14(6,18-12)11(26-10)15(24,27-8)28-9/h6-11,22-24H,1-3H2,(H,19,20)(H3,16,17,18)/t6?,7-,8?,9?,10?,11?,13+,14-,15?/m1/s1. The summed E-state index contributed by atoms with van der Waals surface area (Å²) in [6.07, 6.45) is -6.84. The number of carbonyl (C=O) groups excluding carboxylic acids is 1. The molecule has 4 saturated heterocycles. The highest BCUT2D eigenvalue weighted by Crippen LogP contribution is 2.63. The van der Waals surface area contributed by atoms with Gasteiger partial charge in [-0.15, -0.1) is 0 Å². The molecule has 6 unspecified atom stereocenters.